The number of rotatable bonds is 28. The number of nitrogens with zero attached hydrogens (tertiary/aromatic N) is 5. The van der Waals surface area contributed by atoms with E-state index in [0.717, 1.165) is 44.9 Å². The molecule has 2 aliphatic rings. The second-order valence-corrected chi connectivity index (χ2v) is 18.9. The quantitative estimate of drug-likeness (QED) is 0.0268. The van der Waals surface area contributed by atoms with Crippen LogP contribution in [-0.4, -0.2) is 131 Å². The molecule has 0 aromatic carbocycles. The van der Waals surface area contributed by atoms with Crippen LogP contribution in [0.2, 0.25) is 0 Å². The van der Waals surface area contributed by atoms with E-state index in [2.05, 4.69) is 29.9 Å². The summed E-state index contributed by atoms with van der Waals surface area (Å²) in [6.07, 6.45) is 4.88. The summed E-state index contributed by atoms with van der Waals surface area (Å²) < 4.78 is 47.8. The number of primary amides is 1. The van der Waals surface area contributed by atoms with Gasteiger partial charge in [-0.2, -0.15) is 8.88 Å². The van der Waals surface area contributed by atoms with Gasteiger partial charge in [-0.1, -0.05) is 19.3 Å². The van der Waals surface area contributed by atoms with Crippen molar-refractivity contribution in [1.29, 1.82) is 0 Å². The minimum Gasteiger partial charge on any atom is -0.390 e. The van der Waals surface area contributed by atoms with Gasteiger partial charge in [0, 0.05) is 44.3 Å². The Morgan fingerprint density at radius 3 is 2.25 bits per heavy atom. The number of amides is 2. The lowest BCUT2D eigenvalue weighted by atomic mass is 10.0. The fraction of sp³-hybridized carbons (Fsp3) is 0.658. The molecule has 1 saturated carbocycles. The average molecular weight is 945 g/mol. The maximum Gasteiger partial charge on any atom is 0.481 e. The third kappa shape index (κ3) is 14.6. The molecule has 0 spiro atoms. The van der Waals surface area contributed by atoms with Gasteiger partial charge in [-0.25, -0.2) is 24.1 Å². The summed E-state index contributed by atoms with van der Waals surface area (Å²) in [5.74, 6) is -1.11. The van der Waals surface area contributed by atoms with E-state index in [0.29, 0.717) is 62.3 Å². The van der Waals surface area contributed by atoms with E-state index in [-0.39, 0.29) is 23.7 Å². The molecule has 5 rings (SSSR count). The number of aliphatic hydroxyl groups excluding tert-OH is 4. The van der Waals surface area contributed by atoms with E-state index in [1.165, 1.54) is 46.3 Å². The van der Waals surface area contributed by atoms with Gasteiger partial charge in [-0.3, -0.25) is 23.4 Å². The molecule has 1 aliphatic heterocycles. The first-order chi connectivity index (χ1) is 30.5. The van der Waals surface area contributed by atoms with Gasteiger partial charge in [0.1, 0.15) is 41.5 Å². The predicted molar refractivity (Wildman–Crippen MR) is 225 cm³/mol. The van der Waals surface area contributed by atoms with Crippen molar-refractivity contribution < 1.29 is 76.4 Å². The number of phosphoric acid groups is 2. The van der Waals surface area contributed by atoms with Gasteiger partial charge in [-0.05, 0) is 51.1 Å². The number of aliphatic hydroxyl groups is 4. The zero-order chi connectivity index (χ0) is 46.4. The van der Waals surface area contributed by atoms with E-state index in [1.54, 1.807) is 0 Å². The lowest BCUT2D eigenvalue weighted by Crippen LogP contribution is -2.46. The molecule has 64 heavy (non-hydrogen) atoms. The number of hydrogen-bond acceptors (Lipinski definition) is 18. The third-order valence-corrected chi connectivity index (χ3v) is 13.6. The largest absolute Gasteiger partial charge is 0.481 e. The molecule has 0 bridgehead atoms. The minimum absolute atomic E-state index is 0.00998. The van der Waals surface area contributed by atoms with E-state index >= 15 is 0 Å². The van der Waals surface area contributed by atoms with Gasteiger partial charge in [0.05, 0.1) is 31.7 Å². The number of aromatic nitrogens is 5. The topological polar surface area (TPSA) is 367 Å². The van der Waals surface area contributed by atoms with Gasteiger partial charge >= 0.3 is 15.6 Å². The zero-order valence-corrected chi connectivity index (χ0v) is 37.0. The number of carbonyl (C=O) groups excluding carboxylic acids is 3. The van der Waals surface area contributed by atoms with E-state index < -0.39 is 83.5 Å². The van der Waals surface area contributed by atoms with Crippen molar-refractivity contribution in [3.05, 3.63) is 42.7 Å². The van der Waals surface area contributed by atoms with Crippen LogP contribution in [0.15, 0.2) is 37.2 Å². The number of nitrogens with two attached hydrogens (primary N) is 2. The number of imidazole rings is 1. The Kier molecular flexibility index (Phi) is 19.2. The molecular weight excluding hydrogens is 884 g/mol. The molecule has 10 atom stereocenters. The number of pyridine rings is 1. The molecule has 26 heteroatoms. The number of Topliss-reactive ketones (excluding diaryl/α,β-unsaturated/α-hetero) is 1. The average Bonchev–Trinajstić information content (AvgIpc) is 3.90. The van der Waals surface area contributed by atoms with Crippen LogP contribution in [-0.2, 0) is 36.8 Å². The standard InChI is InChI=1S/C38H59N9O15P2/c39-14-7-3-5-12-26(48)11-4-1-2-6-13-29(49)41-15-9-16-42-36-30-37(44-22-43-36)47(23-45-30)27-18-25(31(50)32(27)51)20-59-63(55,56)62-64(57,58)60-21-28-33(52)34(53)38(61-28)46-17-8-10-24(19-46)35(40)54/h8,10,17,19,22-23,25,27-28,31-34,38,50-53H,1-7,9,11-16,18,20-21,39H2,(H5-,40,41,42,43,44,49,54,55,56,57,58)/p+1/t25-,27-,28-,31-,32+,33-,34-,38-/m1/s1. The highest BCUT2D eigenvalue weighted by Gasteiger charge is 2.50. The third-order valence-electron chi connectivity index (χ3n) is 11.0. The number of carbonyl (C=O) groups is 3. The van der Waals surface area contributed by atoms with Crippen LogP contribution < -0.4 is 26.7 Å². The van der Waals surface area contributed by atoms with Crippen LogP contribution in [0.3, 0.4) is 0 Å². The Bertz CT molecular complexity index is 2120. The summed E-state index contributed by atoms with van der Waals surface area (Å²) >= 11 is 0. The summed E-state index contributed by atoms with van der Waals surface area (Å²) in [5.41, 5.74) is 11.5. The first kappa shape index (κ1) is 51.1. The predicted octanol–water partition coefficient (Wildman–Crippen LogP) is 0.413. The maximum absolute atomic E-state index is 12.7. The monoisotopic (exact) mass is 944 g/mol. The Balaban J connectivity index is 1.02. The van der Waals surface area contributed by atoms with Gasteiger partial charge in [0.25, 0.3) is 12.1 Å². The fourth-order valence-corrected chi connectivity index (χ4v) is 9.69. The van der Waals surface area contributed by atoms with E-state index in [4.69, 9.17) is 25.3 Å². The second-order valence-electron chi connectivity index (χ2n) is 15.8. The van der Waals surface area contributed by atoms with Crippen molar-refractivity contribution in [2.75, 3.05) is 38.2 Å². The number of phosphoric ester groups is 2. The van der Waals surface area contributed by atoms with E-state index in [9.17, 15) is 53.7 Å². The van der Waals surface area contributed by atoms with Crippen molar-refractivity contribution in [2.45, 2.75) is 120 Å². The van der Waals surface area contributed by atoms with Crippen molar-refractivity contribution in [1.82, 2.24) is 24.8 Å². The minimum atomic E-state index is -5.38. The molecule has 4 heterocycles. The smallest absolute Gasteiger partial charge is 0.390 e. The molecule has 3 aromatic rings. The highest BCUT2D eigenvalue weighted by molar-refractivity contribution is 7.61. The van der Waals surface area contributed by atoms with Crippen LogP contribution >= 0.6 is 15.6 Å². The highest BCUT2D eigenvalue weighted by atomic mass is 31.3. The number of unbranched alkanes of at least 4 members (excludes halogenated alkanes) is 5. The normalized spacial score (nSPS) is 25.2. The van der Waals surface area contributed by atoms with E-state index in [1.807, 2.05) is 0 Å². The number of nitrogens with one attached hydrogen (secondary N) is 2. The second kappa shape index (κ2) is 24.1. The molecule has 2 amide bonds. The van der Waals surface area contributed by atoms with Gasteiger partial charge < -0.3 is 61.6 Å². The van der Waals surface area contributed by atoms with Crippen LogP contribution in [0.4, 0.5) is 5.82 Å². The molecule has 1 saturated heterocycles. The summed E-state index contributed by atoms with van der Waals surface area (Å²) in [7, 11) is -10.7. The molecule has 24 nitrogen and oxygen atoms in total. The first-order valence-corrected chi connectivity index (χ1v) is 24.2. The molecule has 356 valence electrons. The van der Waals surface area contributed by atoms with Gasteiger partial charge in [0.2, 0.25) is 5.91 Å². The molecule has 0 radical (unpaired) electrons. The number of hydrogen-bond donors (Lipinski definition) is 10. The number of anilines is 1. The lowest BCUT2D eigenvalue weighted by Gasteiger charge is -2.20. The SMILES string of the molecule is NCCCCCC(=O)CCCCCCC(=O)NCCCNc1ncnc2c1ncn2[C@@H]1C[C@H](COP(=O)(O)OP(=O)(O)OC[C@H]2O[C@@H]([n+]3cccc(C(N)=O)c3)[C@H](O)[C@@H]2O)[C@@H](O)[C@H]1O. The Morgan fingerprint density at radius 2 is 1.55 bits per heavy atom. The number of fused-ring (bicyclic) bond motifs is 1. The summed E-state index contributed by atoms with van der Waals surface area (Å²) in [6, 6.07) is 2.02. The number of ketones is 1. The summed E-state index contributed by atoms with van der Waals surface area (Å²) in [4.78, 5) is 69.2. The Labute approximate surface area is 368 Å². The van der Waals surface area contributed by atoms with Crippen molar-refractivity contribution in [3.8, 4) is 0 Å². The fourth-order valence-electron chi connectivity index (χ4n) is 7.55. The lowest BCUT2D eigenvalue weighted by molar-refractivity contribution is -0.765. The van der Waals surface area contributed by atoms with Crippen molar-refractivity contribution in [3.63, 3.8) is 0 Å². The zero-order valence-electron chi connectivity index (χ0n) is 35.2. The molecule has 12 N–H and O–H groups in total. The molecule has 2 fully saturated rings. The van der Waals surface area contributed by atoms with Crippen LogP contribution in [0, 0.1) is 5.92 Å². The highest BCUT2D eigenvalue weighted by Crippen LogP contribution is 2.61. The van der Waals surface area contributed by atoms with Gasteiger partial charge in [0.15, 0.2) is 30.0 Å². The van der Waals surface area contributed by atoms with Crippen LogP contribution in [0.25, 0.3) is 11.2 Å². The maximum atomic E-state index is 12.7. The first-order valence-electron chi connectivity index (χ1n) is 21.2. The van der Waals surface area contributed by atoms with Gasteiger partial charge in [-0.15, -0.1) is 0 Å². The van der Waals surface area contributed by atoms with Crippen molar-refractivity contribution in [2.24, 2.45) is 17.4 Å². The van der Waals surface area contributed by atoms with Crippen LogP contribution in [0.1, 0.15) is 99.7 Å². The summed E-state index contributed by atoms with van der Waals surface area (Å²) in [5, 5.41) is 48.9. The Hall–Kier alpha value is -3.87. The molecule has 3 aromatic heterocycles. The molecule has 2 unspecified atom stereocenters. The van der Waals surface area contributed by atoms with Crippen molar-refractivity contribution >= 4 is 50.2 Å². The molecular formula is C38H60N9O15P2+. The molecule has 1 aliphatic carbocycles. The number of ether oxygens (including phenoxy) is 1. The summed E-state index contributed by atoms with van der Waals surface area (Å²) in [6.45, 7) is -0.0780. The Morgan fingerprint density at radius 1 is 0.859 bits per heavy atom. The van der Waals surface area contributed by atoms with Crippen LogP contribution in [0.5, 0.6) is 0 Å².